The van der Waals surface area contributed by atoms with Crippen LogP contribution in [0.25, 0.3) is 0 Å². The predicted molar refractivity (Wildman–Crippen MR) is 155 cm³/mol. The highest BCUT2D eigenvalue weighted by molar-refractivity contribution is 7.86. The summed E-state index contributed by atoms with van der Waals surface area (Å²) in [6.45, 7) is 3.41. The van der Waals surface area contributed by atoms with E-state index in [-0.39, 0.29) is 42.9 Å². The number of carbonyl (C=O) groups excluding carboxylic acids is 1. The summed E-state index contributed by atoms with van der Waals surface area (Å²) in [4.78, 5) is 18.7. The first-order valence-electron chi connectivity index (χ1n) is 13.1. The third-order valence-electron chi connectivity index (χ3n) is 6.17. The summed E-state index contributed by atoms with van der Waals surface area (Å²) in [7, 11) is -2.37. The van der Waals surface area contributed by atoms with Crippen molar-refractivity contribution in [2.45, 2.75) is 31.7 Å². The number of benzene rings is 3. The van der Waals surface area contributed by atoms with E-state index in [1.165, 1.54) is 61.5 Å². The van der Waals surface area contributed by atoms with Crippen molar-refractivity contribution in [3.05, 3.63) is 102 Å². The molecular formula is C31H31FN2O7S. The standard InChI is InChI=1S/C31H31FN2O7S/c1-22-10-16-26(17-11-22)42(36,37)40-20-6-19-39-30-9-4-8-29(38-3)27(30)21-34(23(2)35)28-7-5-18-33-31(28)41-25-14-12-24(32)13-15-25/h4-5,7-18H,6,19-21H2,1-3H3. The Labute approximate surface area is 244 Å². The first-order chi connectivity index (χ1) is 20.2. The molecule has 1 heterocycles. The minimum absolute atomic E-state index is 0.0540. The highest BCUT2D eigenvalue weighted by Crippen LogP contribution is 2.35. The number of pyridine rings is 1. The van der Waals surface area contributed by atoms with Gasteiger partial charge in [0.25, 0.3) is 10.1 Å². The molecule has 0 spiro atoms. The number of nitrogens with zero attached hydrogens (tertiary/aromatic N) is 2. The van der Waals surface area contributed by atoms with E-state index < -0.39 is 15.9 Å². The van der Waals surface area contributed by atoms with Crippen LogP contribution in [0.5, 0.6) is 23.1 Å². The fourth-order valence-corrected chi connectivity index (χ4v) is 4.96. The molecule has 3 aromatic carbocycles. The molecule has 11 heteroatoms. The Bertz CT molecular complexity index is 1610. The zero-order valence-corrected chi connectivity index (χ0v) is 24.3. The molecule has 0 saturated heterocycles. The van der Waals surface area contributed by atoms with Gasteiger partial charge in [-0.2, -0.15) is 8.42 Å². The molecule has 42 heavy (non-hydrogen) atoms. The lowest BCUT2D eigenvalue weighted by molar-refractivity contribution is -0.116. The maximum absolute atomic E-state index is 13.4. The van der Waals surface area contributed by atoms with Crippen LogP contribution in [-0.4, -0.2) is 39.6 Å². The van der Waals surface area contributed by atoms with Gasteiger partial charge in [-0.15, -0.1) is 0 Å². The lowest BCUT2D eigenvalue weighted by Gasteiger charge is -2.25. The van der Waals surface area contributed by atoms with Crippen molar-refractivity contribution in [2.75, 3.05) is 25.2 Å². The lowest BCUT2D eigenvalue weighted by Crippen LogP contribution is -2.29. The van der Waals surface area contributed by atoms with E-state index in [2.05, 4.69) is 4.98 Å². The van der Waals surface area contributed by atoms with Crippen molar-refractivity contribution in [1.29, 1.82) is 0 Å². The fourth-order valence-electron chi connectivity index (χ4n) is 4.02. The van der Waals surface area contributed by atoms with Crippen LogP contribution in [-0.2, 0) is 25.6 Å². The smallest absolute Gasteiger partial charge is 0.296 e. The Morgan fingerprint density at radius 3 is 2.33 bits per heavy atom. The first kappa shape index (κ1) is 30.5. The molecular weight excluding hydrogens is 563 g/mol. The number of amides is 1. The summed E-state index contributed by atoms with van der Waals surface area (Å²) in [6.07, 6.45) is 1.82. The molecule has 0 unspecified atom stereocenters. The first-order valence-corrected chi connectivity index (χ1v) is 14.5. The molecule has 0 aliphatic carbocycles. The number of hydrogen-bond donors (Lipinski definition) is 0. The number of rotatable bonds is 13. The van der Waals surface area contributed by atoms with Crippen LogP contribution in [0.4, 0.5) is 10.1 Å². The molecule has 9 nitrogen and oxygen atoms in total. The quantitative estimate of drug-likeness (QED) is 0.136. The van der Waals surface area contributed by atoms with Crippen molar-refractivity contribution in [3.8, 4) is 23.1 Å². The van der Waals surface area contributed by atoms with Gasteiger partial charge in [-0.3, -0.25) is 8.98 Å². The van der Waals surface area contributed by atoms with Gasteiger partial charge in [0.1, 0.15) is 28.8 Å². The van der Waals surface area contributed by atoms with E-state index in [1.54, 1.807) is 42.5 Å². The molecule has 0 bridgehead atoms. The third-order valence-corrected chi connectivity index (χ3v) is 7.50. The van der Waals surface area contributed by atoms with Gasteiger partial charge in [-0.05, 0) is 67.6 Å². The highest BCUT2D eigenvalue weighted by atomic mass is 32.2. The zero-order valence-electron chi connectivity index (χ0n) is 23.4. The molecule has 0 radical (unpaired) electrons. The monoisotopic (exact) mass is 594 g/mol. The van der Waals surface area contributed by atoms with Crippen molar-refractivity contribution in [1.82, 2.24) is 4.98 Å². The average molecular weight is 595 g/mol. The Morgan fingerprint density at radius 1 is 0.929 bits per heavy atom. The van der Waals surface area contributed by atoms with Gasteiger partial charge in [0.2, 0.25) is 11.8 Å². The molecule has 0 N–H and O–H groups in total. The van der Waals surface area contributed by atoms with Crippen LogP contribution in [0.1, 0.15) is 24.5 Å². The van der Waals surface area contributed by atoms with Crippen LogP contribution in [0.3, 0.4) is 0 Å². The van der Waals surface area contributed by atoms with Gasteiger partial charge in [0.05, 0.1) is 37.3 Å². The van der Waals surface area contributed by atoms with E-state index in [1.807, 2.05) is 6.92 Å². The summed E-state index contributed by atoms with van der Waals surface area (Å²) in [5.74, 6) is 0.751. The van der Waals surface area contributed by atoms with Crippen LogP contribution < -0.4 is 19.1 Å². The van der Waals surface area contributed by atoms with E-state index in [0.29, 0.717) is 28.5 Å². The van der Waals surface area contributed by atoms with Gasteiger partial charge < -0.3 is 19.1 Å². The SMILES string of the molecule is COc1cccc(OCCCOS(=O)(=O)c2ccc(C)cc2)c1CN(C(C)=O)c1cccnc1Oc1ccc(F)cc1. The maximum Gasteiger partial charge on any atom is 0.296 e. The van der Waals surface area contributed by atoms with E-state index in [0.717, 1.165) is 5.56 Å². The van der Waals surface area contributed by atoms with E-state index in [4.69, 9.17) is 18.4 Å². The zero-order chi connectivity index (χ0) is 30.1. The number of halogens is 1. The van der Waals surface area contributed by atoms with Crippen LogP contribution in [0.2, 0.25) is 0 Å². The summed E-state index contributed by atoms with van der Waals surface area (Å²) in [5, 5.41) is 0. The number of methoxy groups -OCH3 is 1. The number of ether oxygens (including phenoxy) is 3. The topological polar surface area (TPSA) is 104 Å². The highest BCUT2D eigenvalue weighted by Gasteiger charge is 2.22. The maximum atomic E-state index is 13.4. The second-order valence-corrected chi connectivity index (χ2v) is 10.8. The molecule has 4 rings (SSSR count). The Morgan fingerprint density at radius 2 is 1.64 bits per heavy atom. The molecule has 0 atom stereocenters. The minimum atomic E-state index is -3.88. The van der Waals surface area contributed by atoms with E-state index in [9.17, 15) is 17.6 Å². The summed E-state index contributed by atoms with van der Waals surface area (Å²) in [6, 6.07) is 20.5. The van der Waals surface area contributed by atoms with Gasteiger partial charge in [-0.25, -0.2) is 9.37 Å². The third kappa shape index (κ3) is 7.83. The second kappa shape index (κ2) is 13.9. The van der Waals surface area contributed by atoms with Crippen molar-refractivity contribution in [2.24, 2.45) is 0 Å². The fraction of sp³-hybridized carbons (Fsp3) is 0.226. The van der Waals surface area contributed by atoms with Crippen LogP contribution in [0, 0.1) is 12.7 Å². The Hall–Kier alpha value is -4.48. The predicted octanol–water partition coefficient (Wildman–Crippen LogP) is 6.06. The lowest BCUT2D eigenvalue weighted by atomic mass is 10.1. The number of anilines is 1. The molecule has 0 fully saturated rings. The average Bonchev–Trinajstić information content (AvgIpc) is 2.97. The van der Waals surface area contributed by atoms with Crippen molar-refractivity contribution < 1.29 is 36.0 Å². The van der Waals surface area contributed by atoms with Crippen molar-refractivity contribution >= 4 is 21.7 Å². The second-order valence-electron chi connectivity index (χ2n) is 9.22. The van der Waals surface area contributed by atoms with Gasteiger partial charge in [0.15, 0.2) is 0 Å². The number of hydrogen-bond acceptors (Lipinski definition) is 8. The van der Waals surface area contributed by atoms with E-state index >= 15 is 0 Å². The summed E-state index contributed by atoms with van der Waals surface area (Å²) >= 11 is 0. The van der Waals surface area contributed by atoms with Crippen LogP contribution >= 0.6 is 0 Å². The normalized spacial score (nSPS) is 11.1. The summed E-state index contributed by atoms with van der Waals surface area (Å²) < 4.78 is 60.9. The number of carbonyl (C=O) groups is 1. The van der Waals surface area contributed by atoms with Crippen LogP contribution in [0.15, 0.2) is 90.0 Å². The Balaban J connectivity index is 1.48. The number of aromatic nitrogens is 1. The molecule has 0 saturated carbocycles. The minimum Gasteiger partial charge on any atom is -0.496 e. The molecule has 0 aliphatic heterocycles. The largest absolute Gasteiger partial charge is 0.496 e. The molecule has 1 aromatic heterocycles. The molecule has 1 amide bonds. The van der Waals surface area contributed by atoms with Crippen molar-refractivity contribution in [3.63, 3.8) is 0 Å². The van der Waals surface area contributed by atoms with Gasteiger partial charge in [0, 0.05) is 19.5 Å². The number of aryl methyl sites for hydroxylation is 1. The van der Waals surface area contributed by atoms with Gasteiger partial charge >= 0.3 is 0 Å². The molecule has 0 aliphatic rings. The molecule has 4 aromatic rings. The Kier molecular flexibility index (Phi) is 10.1. The van der Waals surface area contributed by atoms with Gasteiger partial charge in [-0.1, -0.05) is 23.8 Å². The summed E-state index contributed by atoms with van der Waals surface area (Å²) in [5.41, 5.74) is 1.92. The molecule has 220 valence electrons.